The number of carbonyl (C=O) groups excluding carboxylic acids is 1. The van der Waals surface area contributed by atoms with Gasteiger partial charge in [0.15, 0.2) is 5.13 Å². The van der Waals surface area contributed by atoms with Crippen molar-refractivity contribution in [2.24, 2.45) is 5.73 Å². The highest BCUT2D eigenvalue weighted by molar-refractivity contribution is 7.22. The lowest BCUT2D eigenvalue weighted by Gasteiger charge is -2.09. The standard InChI is InChI=1S/C12H13FN2S.C10H9N3O2.CH4.H2/c13-8-5-6-10-11(7-8)16-12(15-10)14-9-3-1-2-4-9;1-6-12-13-10(15-6)8-5-3-2-4-7(8)9(11)14;;/h5-7,9H,1-4H2,(H,14,15);2-5H,1H3,(H2,11,14);1H4;1H. The Morgan fingerprint density at radius 3 is 2.66 bits per heavy atom. The molecule has 3 N–H and O–H groups in total. The number of hydrogen-bond acceptors (Lipinski definition) is 7. The predicted octanol–water partition coefficient (Wildman–Crippen LogP) is 5.82. The van der Waals surface area contributed by atoms with Crippen LogP contribution in [0.15, 0.2) is 46.9 Å². The number of nitrogens with zero attached hydrogens (tertiary/aromatic N) is 3. The molecule has 1 fully saturated rings. The van der Waals surface area contributed by atoms with E-state index in [2.05, 4.69) is 20.5 Å². The summed E-state index contributed by atoms with van der Waals surface area (Å²) in [5.74, 6) is 0.0520. The summed E-state index contributed by atoms with van der Waals surface area (Å²) < 4.78 is 19.2. The van der Waals surface area contributed by atoms with Crippen molar-refractivity contribution < 1.29 is 15.0 Å². The van der Waals surface area contributed by atoms with Crippen molar-refractivity contribution in [1.82, 2.24) is 15.2 Å². The van der Waals surface area contributed by atoms with Crippen molar-refractivity contribution in [2.45, 2.75) is 46.1 Å². The van der Waals surface area contributed by atoms with E-state index in [9.17, 15) is 9.18 Å². The zero-order chi connectivity index (χ0) is 21.8. The number of carbonyl (C=O) groups is 1. The summed E-state index contributed by atoms with van der Waals surface area (Å²) in [7, 11) is 0. The maximum atomic E-state index is 13.0. The molecule has 9 heteroatoms. The molecule has 0 radical (unpaired) electrons. The summed E-state index contributed by atoms with van der Waals surface area (Å²) in [6, 6.07) is 12.2. The number of nitrogens with two attached hydrogens (primary N) is 1. The molecule has 2 aromatic carbocycles. The summed E-state index contributed by atoms with van der Waals surface area (Å²) in [4.78, 5) is 15.6. The van der Waals surface area contributed by atoms with Crippen LogP contribution in [0.2, 0.25) is 0 Å². The number of halogens is 1. The van der Waals surface area contributed by atoms with Crippen LogP contribution in [0.3, 0.4) is 0 Å². The summed E-state index contributed by atoms with van der Waals surface area (Å²) >= 11 is 1.54. The average molecular weight is 458 g/mol. The van der Waals surface area contributed by atoms with Gasteiger partial charge in [0.1, 0.15) is 5.82 Å². The molecule has 0 spiro atoms. The minimum Gasteiger partial charge on any atom is -0.421 e. The molecule has 0 atom stereocenters. The predicted molar refractivity (Wildman–Crippen MR) is 127 cm³/mol. The molecule has 2 heterocycles. The molecule has 7 nitrogen and oxygen atoms in total. The van der Waals surface area contributed by atoms with Crippen LogP contribution in [-0.4, -0.2) is 27.1 Å². The van der Waals surface area contributed by atoms with Gasteiger partial charge in [0, 0.05) is 14.4 Å². The van der Waals surface area contributed by atoms with E-state index in [1.807, 2.05) is 0 Å². The topological polar surface area (TPSA) is 107 Å². The quantitative estimate of drug-likeness (QED) is 0.400. The van der Waals surface area contributed by atoms with Crippen LogP contribution in [0.1, 0.15) is 50.8 Å². The van der Waals surface area contributed by atoms with Crippen LogP contribution in [0, 0.1) is 12.7 Å². The Hall–Kier alpha value is -3.33. The van der Waals surface area contributed by atoms with Gasteiger partial charge in [-0.1, -0.05) is 43.7 Å². The van der Waals surface area contributed by atoms with E-state index in [0.29, 0.717) is 29.0 Å². The second-order valence-electron chi connectivity index (χ2n) is 7.29. The number of primary amides is 1. The van der Waals surface area contributed by atoms with Gasteiger partial charge >= 0.3 is 0 Å². The molecule has 170 valence electrons. The van der Waals surface area contributed by atoms with Gasteiger partial charge in [-0.15, -0.1) is 10.2 Å². The summed E-state index contributed by atoms with van der Waals surface area (Å²) in [6.07, 6.45) is 5.06. The molecule has 0 saturated heterocycles. The molecule has 4 aromatic rings. The van der Waals surface area contributed by atoms with Crippen LogP contribution in [0.25, 0.3) is 21.7 Å². The van der Waals surface area contributed by atoms with Crippen molar-refractivity contribution in [3.8, 4) is 11.5 Å². The third-order valence-corrected chi connectivity index (χ3v) is 5.93. The fraction of sp³-hybridized carbons (Fsp3) is 0.304. The Kier molecular flexibility index (Phi) is 7.53. The summed E-state index contributed by atoms with van der Waals surface area (Å²) in [5.41, 5.74) is 7.05. The molecule has 0 unspecified atom stereocenters. The number of nitrogens with one attached hydrogen (secondary N) is 1. The van der Waals surface area contributed by atoms with E-state index in [1.165, 1.54) is 43.1 Å². The van der Waals surface area contributed by atoms with Crippen molar-refractivity contribution in [1.29, 1.82) is 0 Å². The number of aromatic nitrogens is 3. The monoisotopic (exact) mass is 457 g/mol. The number of thiazole rings is 1. The molecular weight excluding hydrogens is 429 g/mol. The highest BCUT2D eigenvalue weighted by Crippen LogP contribution is 2.29. The Labute approximate surface area is 191 Å². The van der Waals surface area contributed by atoms with Gasteiger partial charge in [0.25, 0.3) is 0 Å². The molecule has 2 aromatic heterocycles. The van der Waals surface area contributed by atoms with Crippen LogP contribution >= 0.6 is 11.3 Å². The molecule has 1 aliphatic carbocycles. The normalized spacial score (nSPS) is 13.3. The molecule has 0 aliphatic heterocycles. The fourth-order valence-electron chi connectivity index (χ4n) is 3.49. The van der Waals surface area contributed by atoms with Gasteiger partial charge in [-0.2, -0.15) is 0 Å². The van der Waals surface area contributed by atoms with Gasteiger partial charge in [-0.3, -0.25) is 4.79 Å². The van der Waals surface area contributed by atoms with Crippen molar-refractivity contribution in [2.75, 3.05) is 5.32 Å². The number of hydrogen-bond donors (Lipinski definition) is 2. The number of rotatable bonds is 4. The maximum Gasteiger partial charge on any atom is 0.249 e. The van der Waals surface area contributed by atoms with Crippen molar-refractivity contribution in [3.63, 3.8) is 0 Å². The van der Waals surface area contributed by atoms with Gasteiger partial charge in [-0.25, -0.2) is 9.37 Å². The first-order chi connectivity index (χ1) is 15.0. The fourth-order valence-corrected chi connectivity index (χ4v) is 4.46. The third-order valence-electron chi connectivity index (χ3n) is 4.98. The Morgan fingerprint density at radius 1 is 1.22 bits per heavy atom. The highest BCUT2D eigenvalue weighted by atomic mass is 32.1. The van der Waals surface area contributed by atoms with E-state index in [1.54, 1.807) is 43.3 Å². The maximum absolute atomic E-state index is 13.0. The van der Waals surface area contributed by atoms with Gasteiger partial charge in [0.2, 0.25) is 17.7 Å². The first-order valence-corrected chi connectivity index (χ1v) is 10.8. The summed E-state index contributed by atoms with van der Waals surface area (Å²) in [5, 5.41) is 11.9. The minimum atomic E-state index is -0.513. The number of benzene rings is 2. The molecule has 1 amide bonds. The zero-order valence-corrected chi connectivity index (χ0v) is 17.8. The first kappa shape index (κ1) is 23.3. The molecular formula is C23H28FN5O2S. The first-order valence-electron chi connectivity index (χ1n) is 10.0. The molecule has 32 heavy (non-hydrogen) atoms. The molecule has 1 aliphatic rings. The van der Waals surface area contributed by atoms with Crippen molar-refractivity contribution >= 4 is 32.6 Å². The smallest absolute Gasteiger partial charge is 0.249 e. The zero-order valence-electron chi connectivity index (χ0n) is 17.0. The van der Waals surface area contributed by atoms with Crippen LogP contribution in [0.5, 0.6) is 0 Å². The van der Waals surface area contributed by atoms with Gasteiger partial charge < -0.3 is 15.5 Å². The van der Waals surface area contributed by atoms with Gasteiger partial charge in [0.05, 0.1) is 21.3 Å². The van der Waals surface area contributed by atoms with E-state index in [0.717, 1.165) is 15.3 Å². The van der Waals surface area contributed by atoms with Gasteiger partial charge in [-0.05, 0) is 43.2 Å². The second-order valence-corrected chi connectivity index (χ2v) is 8.32. The SMILES string of the molecule is C.Cc1nnc(-c2ccccc2C(N)=O)o1.Fc1ccc2nc(NC3CCCC3)sc2c1.[HH]. The lowest BCUT2D eigenvalue weighted by molar-refractivity contribution is 0.100. The Bertz CT molecular complexity index is 1210. The Morgan fingerprint density at radius 2 is 1.97 bits per heavy atom. The molecule has 0 bridgehead atoms. The second kappa shape index (κ2) is 10.3. The van der Waals surface area contributed by atoms with E-state index in [-0.39, 0.29) is 14.7 Å². The van der Waals surface area contributed by atoms with E-state index < -0.39 is 5.91 Å². The Balaban J connectivity index is 0.000000221. The van der Waals surface area contributed by atoms with Crippen LogP contribution < -0.4 is 11.1 Å². The molecule has 1 saturated carbocycles. The number of anilines is 1. The minimum absolute atomic E-state index is 0. The number of fused-ring (bicyclic) bond motifs is 1. The largest absolute Gasteiger partial charge is 0.421 e. The summed E-state index contributed by atoms with van der Waals surface area (Å²) in [6.45, 7) is 1.68. The average Bonchev–Trinajstić information content (AvgIpc) is 3.49. The van der Waals surface area contributed by atoms with Crippen LogP contribution in [-0.2, 0) is 0 Å². The van der Waals surface area contributed by atoms with Crippen LogP contribution in [0.4, 0.5) is 9.52 Å². The molecule has 5 rings (SSSR count). The van der Waals surface area contributed by atoms with E-state index in [4.69, 9.17) is 10.2 Å². The third kappa shape index (κ3) is 5.47. The number of amides is 1. The highest BCUT2D eigenvalue weighted by Gasteiger charge is 2.16. The lowest BCUT2D eigenvalue weighted by Crippen LogP contribution is -2.13. The van der Waals surface area contributed by atoms with Crippen molar-refractivity contribution in [3.05, 3.63) is 59.7 Å². The number of aryl methyl sites for hydroxylation is 1. The van der Waals surface area contributed by atoms with E-state index >= 15 is 0 Å². The lowest BCUT2D eigenvalue weighted by atomic mass is 10.1.